The molecular weight excluding hydrogens is 284 g/mol. The summed E-state index contributed by atoms with van der Waals surface area (Å²) in [5.74, 6) is 1.78. The van der Waals surface area contributed by atoms with Gasteiger partial charge in [-0.05, 0) is 43.7 Å². The maximum atomic E-state index is 4.35. The van der Waals surface area contributed by atoms with Crippen LogP contribution in [-0.2, 0) is 6.42 Å². The number of benzene rings is 1. The Balaban J connectivity index is 1.53. The van der Waals surface area contributed by atoms with E-state index in [2.05, 4.69) is 58.7 Å². The molecule has 1 fully saturated rings. The van der Waals surface area contributed by atoms with E-state index in [1.165, 1.54) is 41.4 Å². The van der Waals surface area contributed by atoms with Gasteiger partial charge in [0.1, 0.15) is 0 Å². The molecule has 1 heterocycles. The normalized spacial score (nSPS) is 20.7. The Morgan fingerprint density at radius 3 is 2.96 bits per heavy atom. The van der Waals surface area contributed by atoms with Crippen molar-refractivity contribution in [2.75, 3.05) is 13.6 Å². The molecule has 0 saturated heterocycles. The zero-order valence-electron chi connectivity index (χ0n) is 14.4. The Morgan fingerprint density at radius 2 is 2.17 bits per heavy atom. The van der Waals surface area contributed by atoms with Gasteiger partial charge in [0.25, 0.3) is 0 Å². The van der Waals surface area contributed by atoms with Gasteiger partial charge in [-0.3, -0.25) is 4.99 Å². The highest BCUT2D eigenvalue weighted by atomic mass is 15.2. The predicted molar refractivity (Wildman–Crippen MR) is 98.0 cm³/mol. The fourth-order valence-electron chi connectivity index (χ4n) is 3.45. The maximum absolute atomic E-state index is 4.35. The van der Waals surface area contributed by atoms with E-state index in [0.717, 1.165) is 24.8 Å². The number of hydrogen-bond donors (Lipinski definition) is 3. The third-order valence-corrected chi connectivity index (χ3v) is 4.82. The highest BCUT2D eigenvalue weighted by Crippen LogP contribution is 2.34. The molecule has 4 heteroatoms. The number of nitrogens with zero attached hydrogens (tertiary/aromatic N) is 1. The topological polar surface area (TPSA) is 52.2 Å². The first-order valence-corrected chi connectivity index (χ1v) is 8.76. The second kappa shape index (κ2) is 7.07. The zero-order valence-corrected chi connectivity index (χ0v) is 14.4. The second-order valence-corrected chi connectivity index (χ2v) is 6.56. The minimum Gasteiger partial charge on any atom is -0.358 e. The van der Waals surface area contributed by atoms with Crippen LogP contribution in [-0.4, -0.2) is 30.6 Å². The molecule has 1 aromatic carbocycles. The van der Waals surface area contributed by atoms with E-state index in [-0.39, 0.29) is 0 Å². The largest absolute Gasteiger partial charge is 0.358 e. The summed E-state index contributed by atoms with van der Waals surface area (Å²) < 4.78 is 0. The molecule has 3 N–H and O–H groups in total. The Kier molecular flexibility index (Phi) is 4.89. The average Bonchev–Trinajstić information content (AvgIpc) is 3.20. The van der Waals surface area contributed by atoms with E-state index >= 15 is 0 Å². The molecule has 23 heavy (non-hydrogen) atoms. The fourth-order valence-corrected chi connectivity index (χ4v) is 3.45. The van der Waals surface area contributed by atoms with Crippen molar-refractivity contribution in [3.8, 4) is 0 Å². The van der Waals surface area contributed by atoms with Crippen LogP contribution in [0.3, 0.4) is 0 Å². The first kappa shape index (κ1) is 15.9. The first-order chi connectivity index (χ1) is 11.2. The Hall–Kier alpha value is -1.97. The minimum atomic E-state index is 0.621. The number of aromatic amines is 1. The van der Waals surface area contributed by atoms with Crippen molar-refractivity contribution in [3.63, 3.8) is 0 Å². The van der Waals surface area contributed by atoms with Crippen molar-refractivity contribution >= 4 is 16.9 Å². The van der Waals surface area contributed by atoms with Crippen LogP contribution in [0.25, 0.3) is 10.9 Å². The summed E-state index contributed by atoms with van der Waals surface area (Å²) in [6.45, 7) is 5.31. The summed E-state index contributed by atoms with van der Waals surface area (Å²) in [4.78, 5) is 7.82. The van der Waals surface area contributed by atoms with Crippen LogP contribution >= 0.6 is 0 Å². The highest BCUT2D eigenvalue weighted by Gasteiger charge is 2.36. The van der Waals surface area contributed by atoms with Crippen molar-refractivity contribution in [3.05, 3.63) is 35.5 Å². The van der Waals surface area contributed by atoms with E-state index in [9.17, 15) is 0 Å². The standard InChI is InChI=1S/C19H28N4/c1-4-7-14-12-18(14)23-19(20-3)21-11-10-15-13(2)22-17-9-6-5-8-16(15)17/h5-6,8-9,14,18,22H,4,7,10-12H2,1-3H3,(H2,20,21,23). The average molecular weight is 312 g/mol. The minimum absolute atomic E-state index is 0.621. The van der Waals surface area contributed by atoms with Crippen molar-refractivity contribution in [2.45, 2.75) is 45.6 Å². The first-order valence-electron chi connectivity index (χ1n) is 8.76. The van der Waals surface area contributed by atoms with Gasteiger partial charge < -0.3 is 15.6 Å². The van der Waals surface area contributed by atoms with E-state index in [1.807, 2.05) is 7.05 Å². The van der Waals surface area contributed by atoms with Gasteiger partial charge in [0, 0.05) is 36.2 Å². The zero-order chi connectivity index (χ0) is 16.2. The Bertz CT molecular complexity index is 686. The molecule has 0 spiro atoms. The summed E-state index contributed by atoms with van der Waals surface area (Å²) in [6.07, 6.45) is 4.88. The molecule has 1 aliphatic carbocycles. The lowest BCUT2D eigenvalue weighted by molar-refractivity contribution is 0.655. The van der Waals surface area contributed by atoms with Gasteiger partial charge in [0.2, 0.25) is 0 Å². The molecule has 0 radical (unpaired) electrons. The quantitative estimate of drug-likeness (QED) is 0.566. The number of hydrogen-bond acceptors (Lipinski definition) is 1. The molecule has 0 aliphatic heterocycles. The van der Waals surface area contributed by atoms with Crippen LogP contribution in [0.5, 0.6) is 0 Å². The molecule has 3 rings (SSSR count). The van der Waals surface area contributed by atoms with Crippen molar-refractivity contribution in [2.24, 2.45) is 10.9 Å². The van der Waals surface area contributed by atoms with Crippen molar-refractivity contribution in [1.82, 2.24) is 15.6 Å². The lowest BCUT2D eigenvalue weighted by atomic mass is 10.1. The van der Waals surface area contributed by atoms with Crippen LogP contribution < -0.4 is 10.6 Å². The SMILES string of the molecule is CCCC1CC1NC(=NC)NCCc1c(C)[nH]c2ccccc12. The number of nitrogens with one attached hydrogen (secondary N) is 3. The smallest absolute Gasteiger partial charge is 0.191 e. The number of fused-ring (bicyclic) bond motifs is 1. The van der Waals surface area contributed by atoms with Gasteiger partial charge in [-0.15, -0.1) is 0 Å². The van der Waals surface area contributed by atoms with Crippen LogP contribution in [0.4, 0.5) is 0 Å². The van der Waals surface area contributed by atoms with Crippen LogP contribution in [0.2, 0.25) is 0 Å². The number of H-pyrrole nitrogens is 1. The number of para-hydroxylation sites is 1. The molecule has 124 valence electrons. The number of rotatable bonds is 6. The molecule has 1 saturated carbocycles. The van der Waals surface area contributed by atoms with Crippen molar-refractivity contribution < 1.29 is 0 Å². The van der Waals surface area contributed by atoms with Gasteiger partial charge >= 0.3 is 0 Å². The van der Waals surface area contributed by atoms with E-state index in [0.29, 0.717) is 6.04 Å². The number of aliphatic imine (C=N–C) groups is 1. The third-order valence-electron chi connectivity index (χ3n) is 4.82. The van der Waals surface area contributed by atoms with Gasteiger partial charge in [-0.25, -0.2) is 0 Å². The lowest BCUT2D eigenvalue weighted by Crippen LogP contribution is -2.40. The van der Waals surface area contributed by atoms with Crippen LogP contribution in [0.15, 0.2) is 29.3 Å². The van der Waals surface area contributed by atoms with Gasteiger partial charge in [0.15, 0.2) is 5.96 Å². The molecule has 0 amide bonds. The number of aryl methyl sites for hydroxylation is 1. The van der Waals surface area contributed by atoms with E-state index < -0.39 is 0 Å². The van der Waals surface area contributed by atoms with Gasteiger partial charge in [-0.1, -0.05) is 31.5 Å². The lowest BCUT2D eigenvalue weighted by Gasteiger charge is -2.12. The molecule has 1 aliphatic rings. The van der Waals surface area contributed by atoms with Crippen LogP contribution in [0, 0.1) is 12.8 Å². The third kappa shape index (κ3) is 3.69. The molecule has 4 nitrogen and oxygen atoms in total. The number of guanidine groups is 1. The van der Waals surface area contributed by atoms with E-state index in [4.69, 9.17) is 0 Å². The maximum Gasteiger partial charge on any atom is 0.191 e. The molecule has 2 unspecified atom stereocenters. The Morgan fingerprint density at radius 1 is 1.35 bits per heavy atom. The molecule has 2 aromatic rings. The van der Waals surface area contributed by atoms with Gasteiger partial charge in [0.05, 0.1) is 0 Å². The summed E-state index contributed by atoms with van der Waals surface area (Å²) >= 11 is 0. The molecular formula is C19H28N4. The summed E-state index contributed by atoms with van der Waals surface area (Å²) in [5, 5.41) is 8.33. The molecule has 2 atom stereocenters. The predicted octanol–water partition coefficient (Wildman–Crippen LogP) is 3.37. The summed E-state index contributed by atoms with van der Waals surface area (Å²) in [6, 6.07) is 9.14. The fraction of sp³-hybridized carbons (Fsp3) is 0.526. The summed E-state index contributed by atoms with van der Waals surface area (Å²) in [5.41, 5.74) is 3.89. The molecule has 1 aromatic heterocycles. The highest BCUT2D eigenvalue weighted by molar-refractivity contribution is 5.85. The molecule has 0 bridgehead atoms. The van der Waals surface area contributed by atoms with Crippen molar-refractivity contribution in [1.29, 1.82) is 0 Å². The second-order valence-electron chi connectivity index (χ2n) is 6.56. The van der Waals surface area contributed by atoms with E-state index in [1.54, 1.807) is 0 Å². The van der Waals surface area contributed by atoms with Crippen LogP contribution in [0.1, 0.15) is 37.4 Å². The Labute approximate surface area is 138 Å². The number of aromatic nitrogens is 1. The van der Waals surface area contributed by atoms with Gasteiger partial charge in [-0.2, -0.15) is 0 Å². The monoisotopic (exact) mass is 312 g/mol. The summed E-state index contributed by atoms with van der Waals surface area (Å²) in [7, 11) is 1.85.